The molecular formula is C36H49Cl2N4O5P3. The first-order chi connectivity index (χ1) is 23.4. The summed E-state index contributed by atoms with van der Waals surface area (Å²) < 4.78 is 15.1. The first-order valence-electron chi connectivity index (χ1n) is 15.0. The molecule has 9 nitrogen and oxygen atoms in total. The van der Waals surface area contributed by atoms with E-state index in [2.05, 4.69) is 33.8 Å². The van der Waals surface area contributed by atoms with Crippen LogP contribution in [-0.4, -0.2) is 33.2 Å². The lowest BCUT2D eigenvalue weighted by atomic mass is 9.89. The molecule has 4 aromatic carbocycles. The summed E-state index contributed by atoms with van der Waals surface area (Å²) in [5.41, 5.74) is 9.76. The molecule has 50 heavy (non-hydrogen) atoms. The number of benzene rings is 4. The summed E-state index contributed by atoms with van der Waals surface area (Å²) in [5, 5.41) is 10.8. The minimum Gasteiger partial charge on any atom is -0.497 e. The summed E-state index contributed by atoms with van der Waals surface area (Å²) in [6.07, 6.45) is -0.0131. The van der Waals surface area contributed by atoms with Gasteiger partial charge in [0.05, 0.1) is 49.5 Å². The molecule has 0 bridgehead atoms. The Bertz CT molecular complexity index is 1660. The van der Waals surface area contributed by atoms with Crippen molar-refractivity contribution in [1.29, 1.82) is 0 Å². The van der Waals surface area contributed by atoms with Crippen molar-refractivity contribution < 1.29 is 23.8 Å². The molecule has 0 aliphatic heterocycles. The van der Waals surface area contributed by atoms with Crippen molar-refractivity contribution in [1.82, 2.24) is 0 Å². The van der Waals surface area contributed by atoms with E-state index < -0.39 is 11.4 Å². The van der Waals surface area contributed by atoms with E-state index in [-0.39, 0.29) is 19.8 Å². The summed E-state index contributed by atoms with van der Waals surface area (Å²) in [4.78, 5) is 24.4. The SMILES string of the molecule is C.COC(=O)C(C)(C)CC(=O)Nc1cc(OC)ccc1NCc1ccccc1Cl.COc1ccc(NCc2ccccc2Cl)c(N)c1.PPP. The Balaban J connectivity index is 0.000000489. The summed E-state index contributed by atoms with van der Waals surface area (Å²) in [6, 6.07) is 26.1. The Hall–Kier alpha value is -3.31. The van der Waals surface area contributed by atoms with Crippen molar-refractivity contribution in [2.75, 3.05) is 43.0 Å². The second-order valence-electron chi connectivity index (χ2n) is 11.0. The van der Waals surface area contributed by atoms with Crippen LogP contribution in [0.25, 0.3) is 0 Å². The maximum Gasteiger partial charge on any atom is 0.311 e. The van der Waals surface area contributed by atoms with Crippen LogP contribution in [-0.2, 0) is 27.4 Å². The van der Waals surface area contributed by atoms with Crippen LogP contribution in [0.4, 0.5) is 22.7 Å². The number of methoxy groups -OCH3 is 3. The third-order valence-corrected chi connectivity index (χ3v) is 7.69. The molecule has 5 N–H and O–H groups in total. The van der Waals surface area contributed by atoms with E-state index >= 15 is 0 Å². The average molecular weight is 782 g/mol. The number of esters is 1. The Morgan fingerprint density at radius 1 is 0.760 bits per heavy atom. The number of nitrogen functional groups attached to an aromatic ring is 1. The largest absolute Gasteiger partial charge is 0.497 e. The number of halogens is 2. The maximum absolute atomic E-state index is 12.5. The molecule has 0 aliphatic carbocycles. The van der Waals surface area contributed by atoms with Gasteiger partial charge in [0.1, 0.15) is 11.5 Å². The van der Waals surface area contributed by atoms with Crippen LogP contribution in [0.2, 0.25) is 10.0 Å². The fourth-order valence-electron chi connectivity index (χ4n) is 4.35. The van der Waals surface area contributed by atoms with E-state index in [1.165, 1.54) is 7.11 Å². The molecule has 14 heteroatoms. The van der Waals surface area contributed by atoms with Gasteiger partial charge >= 0.3 is 5.97 Å². The van der Waals surface area contributed by atoms with Gasteiger partial charge in [-0.05, 0) is 61.4 Å². The normalized spacial score (nSPS) is 10.1. The van der Waals surface area contributed by atoms with Crippen molar-refractivity contribution in [2.45, 2.75) is 40.8 Å². The fraction of sp³-hybridized carbons (Fsp3) is 0.278. The highest BCUT2D eigenvalue weighted by Gasteiger charge is 2.31. The molecule has 2 atom stereocenters. The zero-order chi connectivity index (χ0) is 36.4. The molecule has 4 rings (SSSR count). The van der Waals surface area contributed by atoms with E-state index in [0.29, 0.717) is 40.9 Å². The van der Waals surface area contributed by atoms with Crippen LogP contribution in [0.15, 0.2) is 84.9 Å². The van der Waals surface area contributed by atoms with E-state index in [0.717, 1.165) is 35.5 Å². The van der Waals surface area contributed by atoms with Crippen molar-refractivity contribution in [3.8, 4) is 11.5 Å². The minimum absolute atomic E-state index is 0. The second-order valence-corrected chi connectivity index (χ2v) is 16.2. The molecule has 2 unspecified atom stereocenters. The van der Waals surface area contributed by atoms with Gasteiger partial charge in [-0.1, -0.05) is 75.0 Å². The lowest BCUT2D eigenvalue weighted by molar-refractivity contribution is -0.152. The van der Waals surface area contributed by atoms with E-state index in [1.807, 2.05) is 66.7 Å². The van der Waals surface area contributed by atoms with Crippen LogP contribution < -0.4 is 31.2 Å². The molecule has 1 amide bonds. The quantitative estimate of drug-likeness (QED) is 0.0637. The van der Waals surface area contributed by atoms with Gasteiger partial charge in [0.2, 0.25) is 5.91 Å². The van der Waals surface area contributed by atoms with E-state index in [4.69, 9.17) is 43.1 Å². The van der Waals surface area contributed by atoms with Gasteiger partial charge in [0, 0.05) is 41.7 Å². The monoisotopic (exact) mass is 780 g/mol. The minimum atomic E-state index is -0.928. The third kappa shape index (κ3) is 14.9. The number of amides is 1. The zero-order valence-corrected chi connectivity index (χ0v) is 33.1. The van der Waals surface area contributed by atoms with Crippen LogP contribution in [0.3, 0.4) is 0 Å². The summed E-state index contributed by atoms with van der Waals surface area (Å²) >= 11 is 12.3. The molecular weight excluding hydrogens is 732 g/mol. The predicted octanol–water partition coefficient (Wildman–Crippen LogP) is 9.91. The number of carbonyl (C=O) groups is 2. The van der Waals surface area contributed by atoms with Gasteiger partial charge in [0.25, 0.3) is 0 Å². The van der Waals surface area contributed by atoms with Crippen molar-refractivity contribution >= 4 is 83.6 Å². The lowest BCUT2D eigenvalue weighted by Gasteiger charge is -2.21. The van der Waals surface area contributed by atoms with Gasteiger partial charge < -0.3 is 35.9 Å². The molecule has 0 saturated heterocycles. The van der Waals surface area contributed by atoms with E-state index in [1.54, 1.807) is 46.3 Å². The Kier molecular flexibility index (Phi) is 20.8. The number of anilines is 4. The Labute approximate surface area is 313 Å². The summed E-state index contributed by atoms with van der Waals surface area (Å²) in [7, 11) is 10.5. The van der Waals surface area contributed by atoms with Crippen LogP contribution in [0.5, 0.6) is 11.5 Å². The zero-order valence-electron chi connectivity index (χ0n) is 28.2. The molecule has 4 aromatic rings. The smallest absolute Gasteiger partial charge is 0.311 e. The summed E-state index contributed by atoms with van der Waals surface area (Å²) in [5.74, 6) is 0.608. The molecule has 0 aliphatic rings. The van der Waals surface area contributed by atoms with Crippen LogP contribution in [0, 0.1) is 5.41 Å². The van der Waals surface area contributed by atoms with Crippen LogP contribution in [0.1, 0.15) is 38.8 Å². The molecule has 0 radical (unpaired) electrons. The van der Waals surface area contributed by atoms with Gasteiger partial charge in [-0.25, -0.2) is 0 Å². The van der Waals surface area contributed by atoms with Gasteiger partial charge in [-0.2, -0.15) is 0 Å². The topological polar surface area (TPSA) is 124 Å². The molecule has 0 aromatic heterocycles. The average Bonchev–Trinajstić information content (AvgIpc) is 3.08. The number of nitrogens with one attached hydrogen (secondary N) is 3. The first kappa shape index (κ1) is 44.7. The molecule has 0 heterocycles. The molecule has 0 saturated carbocycles. The van der Waals surface area contributed by atoms with Crippen molar-refractivity contribution in [3.05, 3.63) is 106 Å². The number of ether oxygens (including phenoxy) is 3. The standard InChI is InChI=1S/C21H25ClN2O4.C14H15ClN2O.CH4.H5P3/c1-21(2,20(26)28-4)12-19(25)24-18-11-15(27-3)9-10-17(18)23-13-14-7-5-6-8-16(14)22;1-18-11-6-7-14(13(16)8-11)17-9-10-4-2-3-5-12(10)15;;1-3-2/h5-11,23H,12-13H2,1-4H3,(H,24,25);2-8,17H,9,16H2,1H3;1H4;3H,1-2H2. The van der Waals surface area contributed by atoms with Gasteiger partial charge in [-0.3, -0.25) is 9.59 Å². The molecule has 0 spiro atoms. The molecule has 0 fully saturated rings. The van der Waals surface area contributed by atoms with E-state index in [9.17, 15) is 9.59 Å². The number of rotatable bonds is 12. The highest BCUT2D eigenvalue weighted by Crippen LogP contribution is 2.31. The number of carbonyl (C=O) groups excluding carboxylic acids is 2. The van der Waals surface area contributed by atoms with Crippen molar-refractivity contribution in [2.24, 2.45) is 5.41 Å². The Morgan fingerprint density at radius 2 is 1.22 bits per heavy atom. The fourth-order valence-corrected chi connectivity index (χ4v) is 4.75. The second kappa shape index (κ2) is 23.2. The lowest BCUT2D eigenvalue weighted by Crippen LogP contribution is -2.31. The predicted molar refractivity (Wildman–Crippen MR) is 221 cm³/mol. The van der Waals surface area contributed by atoms with Gasteiger partial charge in [0.15, 0.2) is 0 Å². The number of hydrogen-bond donors (Lipinski definition) is 4. The molecule has 272 valence electrons. The Morgan fingerprint density at radius 3 is 1.68 bits per heavy atom. The first-order valence-corrected chi connectivity index (χ1v) is 20.4. The number of nitrogens with two attached hydrogens (primary N) is 1. The van der Waals surface area contributed by atoms with Gasteiger partial charge in [-0.15, -0.1) is 17.9 Å². The van der Waals surface area contributed by atoms with Crippen molar-refractivity contribution in [3.63, 3.8) is 0 Å². The summed E-state index contributed by atoms with van der Waals surface area (Å²) in [6.45, 7) is 4.46. The highest BCUT2D eigenvalue weighted by molar-refractivity contribution is 8.33. The third-order valence-electron chi connectivity index (χ3n) is 6.95. The highest BCUT2D eigenvalue weighted by atomic mass is 35.5. The number of hydrogen-bond acceptors (Lipinski definition) is 8. The van der Waals surface area contributed by atoms with Crippen LogP contribution >= 0.6 is 49.0 Å². The maximum atomic E-state index is 12.5.